The molecule has 0 aromatic rings. The number of carbonyl (C=O) groups excluding carboxylic acids is 1. The second-order valence-electron chi connectivity index (χ2n) is 5.13. The van der Waals surface area contributed by atoms with E-state index in [0.29, 0.717) is 6.54 Å². The third kappa shape index (κ3) is 2.74. The first kappa shape index (κ1) is 13.0. The molecule has 1 unspecified atom stereocenters. The van der Waals surface area contributed by atoms with Crippen molar-refractivity contribution in [2.75, 3.05) is 6.54 Å². The molecule has 0 radical (unpaired) electrons. The first-order chi connectivity index (χ1) is 7.38. The Morgan fingerprint density at radius 1 is 1.44 bits per heavy atom. The van der Waals surface area contributed by atoms with Gasteiger partial charge in [-0.3, -0.25) is 9.59 Å². The van der Waals surface area contributed by atoms with Crippen molar-refractivity contribution in [1.82, 2.24) is 4.90 Å². The molecule has 0 aromatic carbocycles. The lowest BCUT2D eigenvalue weighted by Crippen LogP contribution is -2.44. The minimum atomic E-state index is -0.820. The fourth-order valence-corrected chi connectivity index (χ4v) is 2.06. The number of carboxylic acids is 1. The van der Waals surface area contributed by atoms with E-state index in [4.69, 9.17) is 5.11 Å². The zero-order valence-electron chi connectivity index (χ0n) is 10.3. The summed E-state index contributed by atoms with van der Waals surface area (Å²) in [5.41, 5.74) is -0.374. The molecule has 1 heterocycles. The normalized spacial score (nSPS) is 21.2. The SMILES string of the molecule is CCC(C)(C)C(=O)N1CCCC1CC(=O)O. The maximum Gasteiger partial charge on any atom is 0.305 e. The van der Waals surface area contributed by atoms with Gasteiger partial charge in [-0.2, -0.15) is 0 Å². The topological polar surface area (TPSA) is 57.6 Å². The van der Waals surface area contributed by atoms with Crippen molar-refractivity contribution in [1.29, 1.82) is 0 Å². The maximum absolute atomic E-state index is 12.2. The number of carboxylic acid groups (broad SMARTS) is 1. The van der Waals surface area contributed by atoms with Gasteiger partial charge in [-0.05, 0) is 19.3 Å². The van der Waals surface area contributed by atoms with E-state index in [9.17, 15) is 9.59 Å². The van der Waals surface area contributed by atoms with Gasteiger partial charge in [0.05, 0.1) is 6.42 Å². The molecular weight excluding hydrogens is 206 g/mol. The molecule has 4 nitrogen and oxygen atoms in total. The summed E-state index contributed by atoms with van der Waals surface area (Å²) in [6, 6.07) is -0.101. The molecule has 1 fully saturated rings. The molecular formula is C12H21NO3. The first-order valence-corrected chi connectivity index (χ1v) is 5.91. The molecule has 92 valence electrons. The van der Waals surface area contributed by atoms with Gasteiger partial charge in [-0.1, -0.05) is 20.8 Å². The third-order valence-electron chi connectivity index (χ3n) is 3.51. The second kappa shape index (κ2) is 4.85. The van der Waals surface area contributed by atoms with Crippen LogP contribution < -0.4 is 0 Å². The lowest BCUT2D eigenvalue weighted by atomic mass is 9.88. The molecule has 1 aliphatic rings. The van der Waals surface area contributed by atoms with Crippen LogP contribution in [0.5, 0.6) is 0 Å². The van der Waals surface area contributed by atoms with Crippen LogP contribution in [0.4, 0.5) is 0 Å². The Labute approximate surface area is 96.6 Å². The molecule has 1 N–H and O–H groups in total. The number of hydrogen-bond donors (Lipinski definition) is 1. The minimum Gasteiger partial charge on any atom is -0.481 e. The fourth-order valence-electron chi connectivity index (χ4n) is 2.06. The second-order valence-corrected chi connectivity index (χ2v) is 5.13. The molecule has 1 aliphatic heterocycles. The standard InChI is InChI=1S/C12H21NO3/c1-4-12(2,3)11(16)13-7-5-6-9(13)8-10(14)15/h9H,4-8H2,1-3H3,(H,14,15). The van der Waals surface area contributed by atoms with Gasteiger partial charge >= 0.3 is 5.97 Å². The van der Waals surface area contributed by atoms with E-state index in [1.165, 1.54) is 0 Å². The third-order valence-corrected chi connectivity index (χ3v) is 3.51. The van der Waals surface area contributed by atoms with Gasteiger partial charge in [-0.15, -0.1) is 0 Å². The van der Waals surface area contributed by atoms with Crippen LogP contribution in [-0.2, 0) is 9.59 Å². The average Bonchev–Trinajstić information content (AvgIpc) is 2.63. The number of likely N-dealkylation sites (tertiary alicyclic amines) is 1. The quantitative estimate of drug-likeness (QED) is 0.797. The van der Waals surface area contributed by atoms with Crippen molar-refractivity contribution < 1.29 is 14.7 Å². The number of rotatable bonds is 4. The van der Waals surface area contributed by atoms with Crippen molar-refractivity contribution in [3.05, 3.63) is 0 Å². The molecule has 4 heteroatoms. The molecule has 1 atom stereocenters. The summed E-state index contributed by atoms with van der Waals surface area (Å²) in [5.74, 6) is -0.724. The van der Waals surface area contributed by atoms with Crippen molar-refractivity contribution in [2.45, 2.75) is 52.5 Å². The van der Waals surface area contributed by atoms with Gasteiger partial charge in [0.15, 0.2) is 0 Å². The molecule has 1 rings (SSSR count). The minimum absolute atomic E-state index is 0.0749. The number of aliphatic carboxylic acids is 1. The van der Waals surface area contributed by atoms with Crippen molar-refractivity contribution in [3.63, 3.8) is 0 Å². The molecule has 0 aromatic heterocycles. The van der Waals surface area contributed by atoms with Crippen LogP contribution in [0.2, 0.25) is 0 Å². The van der Waals surface area contributed by atoms with Crippen LogP contribution in [-0.4, -0.2) is 34.5 Å². The summed E-state index contributed by atoms with van der Waals surface area (Å²) in [6.07, 6.45) is 2.59. The van der Waals surface area contributed by atoms with Gasteiger partial charge in [0, 0.05) is 18.0 Å². The number of amides is 1. The van der Waals surface area contributed by atoms with Gasteiger partial charge < -0.3 is 10.0 Å². The van der Waals surface area contributed by atoms with Crippen LogP contribution in [0.15, 0.2) is 0 Å². The van der Waals surface area contributed by atoms with Crippen LogP contribution in [0, 0.1) is 5.41 Å². The van der Waals surface area contributed by atoms with Crippen LogP contribution in [0.1, 0.15) is 46.5 Å². The number of hydrogen-bond acceptors (Lipinski definition) is 2. The Kier molecular flexibility index (Phi) is 3.94. The van der Waals surface area contributed by atoms with Crippen LogP contribution in [0.3, 0.4) is 0 Å². The number of nitrogens with zero attached hydrogens (tertiary/aromatic N) is 1. The summed E-state index contributed by atoms with van der Waals surface area (Å²) < 4.78 is 0. The highest BCUT2D eigenvalue weighted by Gasteiger charge is 2.37. The monoisotopic (exact) mass is 227 g/mol. The molecule has 16 heavy (non-hydrogen) atoms. The average molecular weight is 227 g/mol. The van der Waals surface area contributed by atoms with E-state index in [0.717, 1.165) is 19.3 Å². The van der Waals surface area contributed by atoms with E-state index in [1.54, 1.807) is 4.90 Å². The Morgan fingerprint density at radius 2 is 2.06 bits per heavy atom. The zero-order chi connectivity index (χ0) is 12.3. The lowest BCUT2D eigenvalue weighted by Gasteiger charge is -2.32. The van der Waals surface area contributed by atoms with Crippen molar-refractivity contribution in [3.8, 4) is 0 Å². The highest BCUT2D eigenvalue weighted by molar-refractivity contribution is 5.83. The summed E-state index contributed by atoms with van der Waals surface area (Å²) >= 11 is 0. The largest absolute Gasteiger partial charge is 0.481 e. The Morgan fingerprint density at radius 3 is 2.56 bits per heavy atom. The van der Waals surface area contributed by atoms with Crippen molar-refractivity contribution in [2.24, 2.45) is 5.41 Å². The smallest absolute Gasteiger partial charge is 0.305 e. The summed E-state index contributed by atoms with van der Waals surface area (Å²) in [4.78, 5) is 24.7. The van der Waals surface area contributed by atoms with Crippen LogP contribution in [0.25, 0.3) is 0 Å². The Bertz CT molecular complexity index is 286. The Hall–Kier alpha value is -1.06. The summed E-state index contributed by atoms with van der Waals surface area (Å²) in [7, 11) is 0. The maximum atomic E-state index is 12.2. The molecule has 0 aliphatic carbocycles. The van der Waals surface area contributed by atoms with E-state index in [-0.39, 0.29) is 23.8 Å². The number of carbonyl (C=O) groups is 2. The fraction of sp³-hybridized carbons (Fsp3) is 0.833. The molecule has 0 spiro atoms. The van der Waals surface area contributed by atoms with E-state index >= 15 is 0 Å². The van der Waals surface area contributed by atoms with E-state index < -0.39 is 5.97 Å². The van der Waals surface area contributed by atoms with E-state index in [1.807, 2.05) is 20.8 Å². The van der Waals surface area contributed by atoms with Gasteiger partial charge in [-0.25, -0.2) is 0 Å². The highest BCUT2D eigenvalue weighted by atomic mass is 16.4. The van der Waals surface area contributed by atoms with Gasteiger partial charge in [0.1, 0.15) is 0 Å². The lowest BCUT2D eigenvalue weighted by molar-refractivity contribution is -0.144. The predicted octanol–water partition coefficient (Wildman–Crippen LogP) is 1.89. The van der Waals surface area contributed by atoms with Gasteiger partial charge in [0.25, 0.3) is 0 Å². The zero-order valence-corrected chi connectivity index (χ0v) is 10.3. The highest BCUT2D eigenvalue weighted by Crippen LogP contribution is 2.29. The molecule has 0 bridgehead atoms. The van der Waals surface area contributed by atoms with E-state index in [2.05, 4.69) is 0 Å². The summed E-state index contributed by atoms with van der Waals surface area (Å²) in [5, 5.41) is 8.80. The summed E-state index contributed by atoms with van der Waals surface area (Å²) in [6.45, 7) is 6.54. The molecule has 0 saturated carbocycles. The van der Waals surface area contributed by atoms with Crippen molar-refractivity contribution >= 4 is 11.9 Å². The molecule has 1 amide bonds. The Balaban J connectivity index is 2.71. The van der Waals surface area contributed by atoms with Crippen LogP contribution >= 0.6 is 0 Å². The molecule has 1 saturated heterocycles. The predicted molar refractivity (Wildman–Crippen MR) is 61.1 cm³/mol. The van der Waals surface area contributed by atoms with Gasteiger partial charge in [0.2, 0.25) is 5.91 Å². The first-order valence-electron chi connectivity index (χ1n) is 5.91.